The summed E-state index contributed by atoms with van der Waals surface area (Å²) in [5, 5.41) is 10.6. The number of sulfonamides is 1. The highest BCUT2D eigenvalue weighted by atomic mass is 32.2. The normalized spacial score (nSPS) is 15.4. The number of carbonyl (C=O) groups excluding carboxylic acids is 1. The van der Waals surface area contributed by atoms with Crippen molar-refractivity contribution in [3.8, 4) is 0 Å². The van der Waals surface area contributed by atoms with Crippen molar-refractivity contribution in [3.63, 3.8) is 0 Å². The minimum absolute atomic E-state index is 0.685. The smallest absolute Gasteiger partial charge is 0.325 e. The Kier molecular flexibility index (Phi) is 4.69. The molecular formula is C7H14N2O5S. The van der Waals surface area contributed by atoms with Gasteiger partial charge in [0.15, 0.2) is 0 Å². The van der Waals surface area contributed by atoms with Crippen molar-refractivity contribution in [2.24, 2.45) is 0 Å². The number of hydrogen-bond acceptors (Lipinski definition) is 4. The van der Waals surface area contributed by atoms with E-state index >= 15 is 0 Å². The van der Waals surface area contributed by atoms with Gasteiger partial charge < -0.3 is 10.4 Å². The lowest BCUT2D eigenvalue weighted by Crippen LogP contribution is -2.49. The summed E-state index contributed by atoms with van der Waals surface area (Å²) in [4.78, 5) is 21.6. The van der Waals surface area contributed by atoms with Crippen molar-refractivity contribution in [3.05, 3.63) is 0 Å². The van der Waals surface area contributed by atoms with Crippen LogP contribution < -0.4 is 10.0 Å². The van der Waals surface area contributed by atoms with Gasteiger partial charge in [0.25, 0.3) is 0 Å². The second-order valence-corrected chi connectivity index (χ2v) is 4.96. The van der Waals surface area contributed by atoms with Gasteiger partial charge in [-0.2, -0.15) is 0 Å². The highest BCUT2D eigenvalue weighted by Gasteiger charge is 2.20. The average molecular weight is 238 g/mol. The Bertz CT molecular complexity index is 350. The first-order chi connectivity index (χ1) is 6.63. The van der Waals surface area contributed by atoms with Crippen LogP contribution in [-0.4, -0.2) is 43.7 Å². The number of nitrogens with one attached hydrogen (secondary N) is 2. The van der Waals surface area contributed by atoms with Crippen LogP contribution in [0.5, 0.6) is 0 Å². The summed E-state index contributed by atoms with van der Waals surface area (Å²) in [7, 11) is -3.48. The van der Waals surface area contributed by atoms with Gasteiger partial charge in [-0.05, 0) is 13.8 Å². The molecule has 88 valence electrons. The Hall–Kier alpha value is -1.15. The zero-order chi connectivity index (χ0) is 12.2. The van der Waals surface area contributed by atoms with E-state index in [0.717, 1.165) is 6.26 Å². The number of carboxylic acids is 1. The number of amides is 1. The van der Waals surface area contributed by atoms with E-state index in [1.54, 1.807) is 0 Å². The molecule has 0 spiro atoms. The Morgan fingerprint density at radius 3 is 2.00 bits per heavy atom. The molecule has 0 saturated heterocycles. The second-order valence-electron chi connectivity index (χ2n) is 3.18. The van der Waals surface area contributed by atoms with Gasteiger partial charge in [-0.3, -0.25) is 9.59 Å². The van der Waals surface area contributed by atoms with E-state index in [0.29, 0.717) is 0 Å². The quantitative estimate of drug-likeness (QED) is 0.540. The molecule has 15 heavy (non-hydrogen) atoms. The van der Waals surface area contributed by atoms with Crippen LogP contribution in [0.3, 0.4) is 0 Å². The van der Waals surface area contributed by atoms with Crippen LogP contribution in [-0.2, 0) is 19.6 Å². The Morgan fingerprint density at radius 1 is 1.20 bits per heavy atom. The maximum Gasteiger partial charge on any atom is 0.325 e. The van der Waals surface area contributed by atoms with Crippen LogP contribution >= 0.6 is 0 Å². The molecule has 0 rings (SSSR count). The molecule has 0 aliphatic rings. The molecule has 0 aromatic heterocycles. The Morgan fingerprint density at radius 2 is 1.67 bits per heavy atom. The van der Waals surface area contributed by atoms with E-state index in [-0.39, 0.29) is 0 Å². The molecular weight excluding hydrogens is 224 g/mol. The van der Waals surface area contributed by atoms with Crippen molar-refractivity contribution < 1.29 is 23.1 Å². The third-order valence-electron chi connectivity index (χ3n) is 1.51. The van der Waals surface area contributed by atoms with Crippen LogP contribution in [0.25, 0.3) is 0 Å². The highest BCUT2D eigenvalue weighted by Crippen LogP contribution is 1.89. The minimum Gasteiger partial charge on any atom is -0.480 e. The molecule has 8 heteroatoms. The summed E-state index contributed by atoms with van der Waals surface area (Å²) >= 11 is 0. The molecule has 0 fully saturated rings. The maximum atomic E-state index is 11.2. The van der Waals surface area contributed by atoms with Gasteiger partial charge in [-0.15, -0.1) is 0 Å². The van der Waals surface area contributed by atoms with Crippen molar-refractivity contribution in [1.82, 2.24) is 10.0 Å². The first kappa shape index (κ1) is 13.8. The third kappa shape index (κ3) is 6.02. The summed E-state index contributed by atoms with van der Waals surface area (Å²) in [5.74, 6) is -1.87. The third-order valence-corrected chi connectivity index (χ3v) is 2.30. The van der Waals surface area contributed by atoms with E-state index in [9.17, 15) is 18.0 Å². The zero-order valence-electron chi connectivity index (χ0n) is 8.64. The van der Waals surface area contributed by atoms with Crippen molar-refractivity contribution in [1.29, 1.82) is 0 Å². The summed E-state index contributed by atoms with van der Waals surface area (Å²) in [6, 6.07) is -2.05. The molecule has 0 saturated carbocycles. The van der Waals surface area contributed by atoms with Crippen LogP contribution in [0.4, 0.5) is 0 Å². The lowest BCUT2D eigenvalue weighted by molar-refractivity contribution is -0.141. The van der Waals surface area contributed by atoms with Gasteiger partial charge in [-0.1, -0.05) is 0 Å². The van der Waals surface area contributed by atoms with E-state index < -0.39 is 34.0 Å². The average Bonchev–Trinajstić information content (AvgIpc) is 2.00. The number of hydrogen-bond donors (Lipinski definition) is 3. The predicted octanol–water partition coefficient (Wildman–Crippen LogP) is -1.49. The number of aliphatic carboxylic acids is 1. The maximum absolute atomic E-state index is 11.2. The monoisotopic (exact) mass is 238 g/mol. The predicted molar refractivity (Wildman–Crippen MR) is 52.7 cm³/mol. The Balaban J connectivity index is 4.29. The highest BCUT2D eigenvalue weighted by molar-refractivity contribution is 7.88. The molecule has 0 aromatic carbocycles. The van der Waals surface area contributed by atoms with Gasteiger partial charge in [0.05, 0.1) is 12.3 Å². The zero-order valence-corrected chi connectivity index (χ0v) is 9.46. The second kappa shape index (κ2) is 5.08. The minimum atomic E-state index is -3.48. The number of rotatable bonds is 5. The summed E-state index contributed by atoms with van der Waals surface area (Å²) in [6.07, 6.45) is 0.914. The first-order valence-corrected chi connectivity index (χ1v) is 6.03. The Labute approximate surface area is 87.9 Å². The largest absolute Gasteiger partial charge is 0.480 e. The van der Waals surface area contributed by atoms with Crippen LogP contribution in [0.1, 0.15) is 13.8 Å². The van der Waals surface area contributed by atoms with Gasteiger partial charge in [0.2, 0.25) is 15.9 Å². The fourth-order valence-corrected chi connectivity index (χ4v) is 1.52. The number of carboxylic acid groups (broad SMARTS) is 1. The summed E-state index contributed by atoms with van der Waals surface area (Å²) in [6.45, 7) is 2.61. The lowest BCUT2D eigenvalue weighted by atomic mass is 10.3. The molecule has 1 unspecified atom stereocenters. The molecule has 0 bridgehead atoms. The SMILES string of the molecule is CC(NS(C)(=O)=O)C(=O)N[C@@H](C)C(=O)O. The van der Waals surface area contributed by atoms with Crippen LogP contribution in [0.2, 0.25) is 0 Å². The van der Waals surface area contributed by atoms with Gasteiger partial charge in [0, 0.05) is 0 Å². The van der Waals surface area contributed by atoms with Crippen molar-refractivity contribution in [2.45, 2.75) is 25.9 Å². The van der Waals surface area contributed by atoms with E-state index in [1.807, 2.05) is 4.72 Å². The molecule has 0 heterocycles. The summed E-state index contributed by atoms with van der Waals surface area (Å²) < 4.78 is 23.5. The van der Waals surface area contributed by atoms with Gasteiger partial charge in [0.1, 0.15) is 6.04 Å². The topological polar surface area (TPSA) is 113 Å². The first-order valence-electron chi connectivity index (χ1n) is 4.14. The molecule has 0 aromatic rings. The standard InChI is InChI=1S/C7H14N2O5S/c1-4(9-15(3,13)14)6(10)8-5(2)7(11)12/h4-5,9H,1-3H3,(H,8,10)(H,11,12)/t4?,5-/m0/s1. The lowest BCUT2D eigenvalue weighted by Gasteiger charge is -2.14. The fraction of sp³-hybridized carbons (Fsp3) is 0.714. The molecule has 2 atom stereocenters. The fourth-order valence-electron chi connectivity index (χ4n) is 0.775. The molecule has 0 radical (unpaired) electrons. The van der Waals surface area contributed by atoms with Crippen molar-refractivity contribution in [2.75, 3.05) is 6.26 Å². The summed E-state index contributed by atoms with van der Waals surface area (Å²) in [5.41, 5.74) is 0. The van der Waals surface area contributed by atoms with Crippen LogP contribution in [0, 0.1) is 0 Å². The van der Waals surface area contributed by atoms with E-state index in [4.69, 9.17) is 5.11 Å². The van der Waals surface area contributed by atoms with Crippen molar-refractivity contribution >= 4 is 21.9 Å². The molecule has 0 aliphatic heterocycles. The molecule has 7 nitrogen and oxygen atoms in total. The number of carbonyl (C=O) groups is 2. The van der Waals surface area contributed by atoms with Gasteiger partial charge in [-0.25, -0.2) is 13.1 Å². The van der Waals surface area contributed by atoms with E-state index in [1.165, 1.54) is 13.8 Å². The molecule has 3 N–H and O–H groups in total. The van der Waals surface area contributed by atoms with Gasteiger partial charge >= 0.3 is 5.97 Å². The molecule has 1 amide bonds. The van der Waals surface area contributed by atoms with E-state index in [2.05, 4.69) is 5.32 Å². The van der Waals surface area contributed by atoms with Crippen LogP contribution in [0.15, 0.2) is 0 Å². The molecule has 0 aliphatic carbocycles.